The van der Waals surface area contributed by atoms with E-state index in [-0.39, 0.29) is 11.3 Å². The van der Waals surface area contributed by atoms with Gasteiger partial charge < -0.3 is 14.6 Å². The first kappa shape index (κ1) is 22.4. The summed E-state index contributed by atoms with van der Waals surface area (Å²) in [6.45, 7) is 1.86. The number of halogens is 3. The molecule has 166 valence electrons. The zero-order valence-electron chi connectivity index (χ0n) is 17.0. The molecular weight excluding hydrogens is 401 g/mol. The van der Waals surface area contributed by atoms with Gasteiger partial charge in [-0.1, -0.05) is 19.3 Å². The van der Waals surface area contributed by atoms with Crippen LogP contribution in [0.25, 0.3) is 0 Å². The molecule has 0 saturated heterocycles. The van der Waals surface area contributed by atoms with Crippen molar-refractivity contribution in [2.45, 2.75) is 82.3 Å². The number of carbonyl (C=O) groups is 2. The summed E-state index contributed by atoms with van der Waals surface area (Å²) in [7, 11) is 0. The first-order valence-electron chi connectivity index (χ1n) is 10.4. The molecule has 5 nitrogen and oxygen atoms in total. The predicted octanol–water partition coefficient (Wildman–Crippen LogP) is 5.36. The van der Waals surface area contributed by atoms with E-state index in [1.165, 1.54) is 0 Å². The quantitative estimate of drug-likeness (QED) is 0.592. The molecule has 1 aromatic carbocycles. The van der Waals surface area contributed by atoms with E-state index in [9.17, 15) is 22.8 Å². The third kappa shape index (κ3) is 4.90. The average molecular weight is 428 g/mol. The highest BCUT2D eigenvalue weighted by molar-refractivity contribution is 5.90. The van der Waals surface area contributed by atoms with Crippen molar-refractivity contribution in [2.75, 3.05) is 0 Å². The molecule has 2 aliphatic carbocycles. The van der Waals surface area contributed by atoms with Gasteiger partial charge in [0.15, 0.2) is 17.7 Å². The second kappa shape index (κ2) is 8.86. The van der Waals surface area contributed by atoms with Crippen molar-refractivity contribution in [1.29, 1.82) is 0 Å². The Morgan fingerprint density at radius 1 is 1.13 bits per heavy atom. The van der Waals surface area contributed by atoms with E-state index in [4.69, 9.17) is 14.6 Å². The predicted molar refractivity (Wildman–Crippen MR) is 102 cm³/mol. The Morgan fingerprint density at radius 3 is 2.37 bits per heavy atom. The highest BCUT2D eigenvalue weighted by Crippen LogP contribution is 2.38. The van der Waals surface area contributed by atoms with Gasteiger partial charge in [0, 0.05) is 5.92 Å². The number of carboxylic acids is 1. The van der Waals surface area contributed by atoms with E-state index in [2.05, 4.69) is 0 Å². The first-order valence-corrected chi connectivity index (χ1v) is 10.4. The summed E-state index contributed by atoms with van der Waals surface area (Å²) in [5.74, 6) is -9.22. The summed E-state index contributed by atoms with van der Waals surface area (Å²) in [5, 5.41) is 8.98. The Hall–Kier alpha value is -2.25. The van der Waals surface area contributed by atoms with Gasteiger partial charge in [-0.2, -0.15) is 8.78 Å². The number of rotatable bonds is 7. The van der Waals surface area contributed by atoms with E-state index >= 15 is 0 Å². The van der Waals surface area contributed by atoms with Gasteiger partial charge in [0.25, 0.3) is 0 Å². The third-order valence-electron chi connectivity index (χ3n) is 6.14. The number of ether oxygens (including phenoxy) is 2. The van der Waals surface area contributed by atoms with Gasteiger partial charge in [0.2, 0.25) is 0 Å². The molecule has 0 amide bonds. The van der Waals surface area contributed by atoms with Gasteiger partial charge in [-0.25, -0.2) is 14.0 Å². The number of hydrogen-bond donors (Lipinski definition) is 1. The maximum Gasteiger partial charge on any atom is 0.378 e. The van der Waals surface area contributed by atoms with Crippen molar-refractivity contribution < 1.29 is 37.3 Å². The topological polar surface area (TPSA) is 72.8 Å². The van der Waals surface area contributed by atoms with Crippen molar-refractivity contribution in [1.82, 2.24) is 0 Å². The number of alkyl halides is 2. The lowest BCUT2D eigenvalue weighted by Crippen LogP contribution is -2.48. The van der Waals surface area contributed by atoms with Gasteiger partial charge in [-0.05, 0) is 63.6 Å². The zero-order chi connectivity index (χ0) is 21.9. The van der Waals surface area contributed by atoms with E-state index in [0.29, 0.717) is 25.7 Å². The van der Waals surface area contributed by atoms with Gasteiger partial charge in [-0.15, -0.1) is 0 Å². The van der Waals surface area contributed by atoms with Crippen LogP contribution in [0.15, 0.2) is 18.2 Å². The molecule has 0 aliphatic heterocycles. The molecule has 1 aromatic rings. The van der Waals surface area contributed by atoms with Crippen LogP contribution in [-0.4, -0.2) is 34.7 Å². The minimum atomic E-state index is -4.21. The van der Waals surface area contributed by atoms with E-state index in [0.717, 1.165) is 50.3 Å². The maximum atomic E-state index is 14.4. The van der Waals surface area contributed by atoms with Crippen molar-refractivity contribution in [3.63, 3.8) is 0 Å². The first-order chi connectivity index (χ1) is 14.1. The molecule has 0 radical (unpaired) electrons. The van der Waals surface area contributed by atoms with Crippen LogP contribution in [0.2, 0.25) is 0 Å². The van der Waals surface area contributed by atoms with Gasteiger partial charge >= 0.3 is 17.9 Å². The van der Waals surface area contributed by atoms with Crippen molar-refractivity contribution >= 4 is 11.9 Å². The second-order valence-electron chi connectivity index (χ2n) is 8.56. The van der Waals surface area contributed by atoms with Crippen LogP contribution in [0.3, 0.4) is 0 Å². The summed E-state index contributed by atoms with van der Waals surface area (Å²) in [5.41, 5.74) is -0.709. The van der Waals surface area contributed by atoms with Crippen LogP contribution in [0.1, 0.15) is 75.1 Å². The third-order valence-corrected chi connectivity index (χ3v) is 6.14. The fraction of sp³-hybridized carbons (Fsp3) is 0.636. The summed E-state index contributed by atoms with van der Waals surface area (Å²) < 4.78 is 53.8. The van der Waals surface area contributed by atoms with Crippen molar-refractivity contribution in [3.8, 4) is 5.75 Å². The monoisotopic (exact) mass is 428 g/mol. The molecular formula is C22H27F3O5. The average Bonchev–Trinajstić information content (AvgIpc) is 3.14. The summed E-state index contributed by atoms with van der Waals surface area (Å²) in [6, 6.07) is 3.28. The van der Waals surface area contributed by atoms with Crippen LogP contribution in [0, 0.1) is 11.7 Å². The number of benzene rings is 1. The molecule has 30 heavy (non-hydrogen) atoms. The number of aliphatic carboxylic acids is 1. The highest BCUT2D eigenvalue weighted by atomic mass is 19.3. The molecule has 1 N–H and O–H groups in total. The molecule has 0 spiro atoms. The minimum Gasteiger partial charge on any atom is -0.484 e. The molecule has 0 aromatic heterocycles. The van der Waals surface area contributed by atoms with Crippen LogP contribution in [-0.2, 0) is 9.53 Å². The molecule has 8 heteroatoms. The SMILES string of the molecule is CC1(Oc2cc(C(=O)OC(C3CCCCC3)C(F)(F)C(=O)O)ccc2F)CCCC1. The Bertz CT molecular complexity index is 783. The summed E-state index contributed by atoms with van der Waals surface area (Å²) >= 11 is 0. The Balaban J connectivity index is 1.81. The van der Waals surface area contributed by atoms with Crippen LogP contribution in [0.5, 0.6) is 5.75 Å². The highest BCUT2D eigenvalue weighted by Gasteiger charge is 2.53. The largest absolute Gasteiger partial charge is 0.484 e. The van der Waals surface area contributed by atoms with Gasteiger partial charge in [-0.3, -0.25) is 0 Å². The number of hydrogen-bond acceptors (Lipinski definition) is 4. The molecule has 1 atom stereocenters. The number of esters is 1. The molecule has 2 fully saturated rings. The van der Waals surface area contributed by atoms with E-state index in [1.54, 1.807) is 0 Å². The molecule has 2 saturated carbocycles. The molecule has 2 aliphatic rings. The lowest BCUT2D eigenvalue weighted by molar-refractivity contribution is -0.189. The summed E-state index contributed by atoms with van der Waals surface area (Å²) in [4.78, 5) is 23.8. The molecule has 0 bridgehead atoms. The standard InChI is InChI=1S/C22H27F3O5/c1-21(11-5-6-12-21)30-17-13-15(9-10-16(17)23)19(26)29-18(22(24,25)20(27)28)14-7-3-2-4-8-14/h9-10,13-14,18H,2-8,11-12H2,1H3,(H,27,28). The second-order valence-corrected chi connectivity index (χ2v) is 8.56. The van der Waals surface area contributed by atoms with E-state index in [1.807, 2.05) is 6.92 Å². The number of carbonyl (C=O) groups excluding carboxylic acids is 1. The number of carboxylic acid groups (broad SMARTS) is 1. The van der Waals surface area contributed by atoms with Crippen molar-refractivity contribution in [3.05, 3.63) is 29.6 Å². The van der Waals surface area contributed by atoms with Crippen molar-refractivity contribution in [2.24, 2.45) is 5.92 Å². The van der Waals surface area contributed by atoms with Gasteiger partial charge in [0.05, 0.1) is 5.56 Å². The normalized spacial score (nSPS) is 20.5. The molecule has 1 unspecified atom stereocenters. The zero-order valence-corrected chi connectivity index (χ0v) is 17.0. The van der Waals surface area contributed by atoms with E-state index < -0.39 is 41.3 Å². The fourth-order valence-corrected chi connectivity index (χ4v) is 4.41. The maximum absolute atomic E-state index is 14.4. The molecule has 0 heterocycles. The molecule has 3 rings (SSSR count). The Morgan fingerprint density at radius 2 is 1.77 bits per heavy atom. The lowest BCUT2D eigenvalue weighted by Gasteiger charge is -2.33. The van der Waals surface area contributed by atoms with Gasteiger partial charge in [0.1, 0.15) is 5.60 Å². The Kier molecular flexibility index (Phi) is 6.62. The smallest absolute Gasteiger partial charge is 0.378 e. The fourth-order valence-electron chi connectivity index (χ4n) is 4.41. The summed E-state index contributed by atoms with van der Waals surface area (Å²) in [6.07, 6.45) is 4.24. The van der Waals surface area contributed by atoms with Crippen LogP contribution < -0.4 is 4.74 Å². The lowest BCUT2D eigenvalue weighted by atomic mass is 9.83. The Labute approximate surface area is 173 Å². The van der Waals surface area contributed by atoms with Crippen LogP contribution in [0.4, 0.5) is 13.2 Å². The minimum absolute atomic E-state index is 0.145. The van der Waals surface area contributed by atoms with Crippen LogP contribution >= 0.6 is 0 Å².